The quantitative estimate of drug-likeness (QED) is 0.293. The van der Waals surface area contributed by atoms with Gasteiger partial charge < -0.3 is 10.1 Å². The molecule has 6 nitrogen and oxygen atoms in total. The van der Waals surface area contributed by atoms with Gasteiger partial charge in [0.2, 0.25) is 0 Å². The lowest BCUT2D eigenvalue weighted by Crippen LogP contribution is -2.13. The topological polar surface area (TPSA) is 69.0 Å². The zero-order valence-corrected chi connectivity index (χ0v) is 20.8. The second kappa shape index (κ2) is 9.66. The smallest absolute Gasteiger partial charge is 0.256 e. The highest BCUT2D eigenvalue weighted by Crippen LogP contribution is 2.29. The van der Waals surface area contributed by atoms with E-state index in [0.29, 0.717) is 28.6 Å². The van der Waals surface area contributed by atoms with Gasteiger partial charge >= 0.3 is 0 Å². The number of carbonyl (C=O) groups excluding carboxylic acids is 1. The lowest BCUT2D eigenvalue weighted by molar-refractivity contribution is 0.102. The van der Waals surface area contributed by atoms with Crippen LogP contribution in [0.3, 0.4) is 0 Å². The molecule has 0 aliphatic carbocycles. The van der Waals surface area contributed by atoms with Crippen molar-refractivity contribution in [3.63, 3.8) is 0 Å². The summed E-state index contributed by atoms with van der Waals surface area (Å²) in [7, 11) is 1.60. The van der Waals surface area contributed by atoms with Crippen molar-refractivity contribution < 1.29 is 9.53 Å². The third kappa shape index (κ3) is 4.45. The van der Waals surface area contributed by atoms with Crippen molar-refractivity contribution in [1.82, 2.24) is 14.8 Å². The van der Waals surface area contributed by atoms with Crippen molar-refractivity contribution in [2.75, 3.05) is 12.4 Å². The van der Waals surface area contributed by atoms with E-state index in [1.54, 1.807) is 13.2 Å². The molecule has 2 heterocycles. The average molecular weight is 477 g/mol. The molecule has 36 heavy (non-hydrogen) atoms. The Morgan fingerprint density at radius 3 is 2.50 bits per heavy atom. The third-order valence-electron chi connectivity index (χ3n) is 6.38. The predicted molar refractivity (Wildman–Crippen MR) is 144 cm³/mol. The zero-order valence-electron chi connectivity index (χ0n) is 20.8. The van der Waals surface area contributed by atoms with Crippen molar-refractivity contribution in [1.29, 1.82) is 0 Å². The summed E-state index contributed by atoms with van der Waals surface area (Å²) in [5.74, 6) is 0.937. The first-order valence-electron chi connectivity index (χ1n) is 11.9. The van der Waals surface area contributed by atoms with Gasteiger partial charge in [-0.1, -0.05) is 50.2 Å². The Morgan fingerprint density at radius 1 is 0.972 bits per heavy atom. The van der Waals surface area contributed by atoms with Crippen LogP contribution >= 0.6 is 0 Å². The SMILES string of the molecule is COc1cccc(NC(=O)c2cc(-c3cnn(-c4ccc(C(C)C)cc4)c3C)nc3ccccc23)c1. The molecule has 0 bridgehead atoms. The van der Waals surface area contributed by atoms with Crippen LogP contribution in [0.1, 0.15) is 41.4 Å². The second-order valence-electron chi connectivity index (χ2n) is 9.06. The lowest BCUT2D eigenvalue weighted by atomic mass is 10.0. The molecule has 0 spiro atoms. The number of hydrogen-bond donors (Lipinski definition) is 1. The number of nitrogens with zero attached hydrogens (tertiary/aromatic N) is 3. The lowest BCUT2D eigenvalue weighted by Gasteiger charge is -2.12. The average Bonchev–Trinajstić information content (AvgIpc) is 3.29. The number of rotatable bonds is 6. The molecule has 0 unspecified atom stereocenters. The van der Waals surface area contributed by atoms with Crippen molar-refractivity contribution in [2.45, 2.75) is 26.7 Å². The van der Waals surface area contributed by atoms with Crippen LogP contribution in [0, 0.1) is 6.92 Å². The molecular formula is C30H28N4O2. The Bertz CT molecular complexity index is 1550. The van der Waals surface area contributed by atoms with Crippen LogP contribution in [0.25, 0.3) is 27.8 Å². The summed E-state index contributed by atoms with van der Waals surface area (Å²) in [6, 6.07) is 25.3. The van der Waals surface area contributed by atoms with Crippen molar-refractivity contribution in [2.24, 2.45) is 0 Å². The summed E-state index contributed by atoms with van der Waals surface area (Å²) in [5.41, 5.74) is 6.76. The van der Waals surface area contributed by atoms with Gasteiger partial charge in [-0.05, 0) is 54.8 Å². The molecule has 0 atom stereocenters. The van der Waals surface area contributed by atoms with Crippen LogP contribution < -0.4 is 10.1 Å². The number of hydrogen-bond acceptors (Lipinski definition) is 4. The van der Waals surface area contributed by atoms with Crippen LogP contribution in [-0.4, -0.2) is 27.8 Å². The minimum atomic E-state index is -0.211. The van der Waals surface area contributed by atoms with Gasteiger partial charge in [0.05, 0.1) is 41.5 Å². The molecule has 5 aromatic rings. The molecule has 0 radical (unpaired) electrons. The van der Waals surface area contributed by atoms with Gasteiger partial charge in [-0.3, -0.25) is 4.79 Å². The molecule has 0 saturated carbocycles. The Labute approximate surface area is 210 Å². The summed E-state index contributed by atoms with van der Waals surface area (Å²) >= 11 is 0. The third-order valence-corrected chi connectivity index (χ3v) is 6.38. The zero-order chi connectivity index (χ0) is 25.2. The molecule has 5 rings (SSSR count). The minimum Gasteiger partial charge on any atom is -0.497 e. The number of pyridine rings is 1. The number of methoxy groups -OCH3 is 1. The molecule has 0 saturated heterocycles. The molecule has 3 aromatic carbocycles. The molecule has 180 valence electrons. The van der Waals surface area contributed by atoms with Gasteiger partial charge in [0.25, 0.3) is 5.91 Å². The summed E-state index contributed by atoms with van der Waals surface area (Å²) in [4.78, 5) is 18.3. The Kier molecular flexibility index (Phi) is 6.25. The minimum absolute atomic E-state index is 0.211. The highest BCUT2D eigenvalue weighted by atomic mass is 16.5. The molecule has 1 N–H and O–H groups in total. The van der Waals surface area contributed by atoms with Gasteiger partial charge in [0.15, 0.2) is 0 Å². The number of ether oxygens (including phenoxy) is 1. The number of carbonyl (C=O) groups is 1. The Balaban J connectivity index is 1.55. The van der Waals surface area contributed by atoms with E-state index in [9.17, 15) is 4.79 Å². The monoisotopic (exact) mass is 476 g/mol. The van der Waals surface area contributed by atoms with Crippen LogP contribution in [0.5, 0.6) is 5.75 Å². The van der Waals surface area contributed by atoms with E-state index in [1.807, 2.05) is 66.3 Å². The maximum absolute atomic E-state index is 13.4. The summed E-state index contributed by atoms with van der Waals surface area (Å²) in [6.45, 7) is 6.38. The number of para-hydroxylation sites is 1. The number of nitrogens with one attached hydrogen (secondary N) is 1. The fraction of sp³-hybridized carbons (Fsp3) is 0.167. The number of amides is 1. The molecular weight excluding hydrogens is 448 g/mol. The Morgan fingerprint density at radius 2 is 1.75 bits per heavy atom. The van der Waals surface area contributed by atoms with Crippen LogP contribution in [-0.2, 0) is 0 Å². The molecule has 2 aromatic heterocycles. The second-order valence-corrected chi connectivity index (χ2v) is 9.06. The van der Waals surface area contributed by atoms with Crippen LogP contribution in [0.2, 0.25) is 0 Å². The maximum atomic E-state index is 13.4. The van der Waals surface area contributed by atoms with Gasteiger partial charge in [-0.15, -0.1) is 0 Å². The maximum Gasteiger partial charge on any atom is 0.256 e. The molecule has 0 aliphatic heterocycles. The predicted octanol–water partition coefficient (Wildman–Crippen LogP) is 6.78. The first-order valence-corrected chi connectivity index (χ1v) is 11.9. The standard InChI is InChI=1S/C30H28N4O2/c1-19(2)21-12-14-23(15-13-21)34-20(3)27(18-31-34)29-17-26(25-10-5-6-11-28(25)33-29)30(35)32-22-8-7-9-24(16-22)36-4/h5-19H,1-4H3,(H,32,35). The molecule has 6 heteroatoms. The van der Waals surface area contributed by atoms with E-state index in [0.717, 1.165) is 27.8 Å². The molecule has 0 aliphatic rings. The van der Waals surface area contributed by atoms with E-state index in [1.165, 1.54) is 5.56 Å². The van der Waals surface area contributed by atoms with Crippen molar-refractivity contribution >= 4 is 22.5 Å². The van der Waals surface area contributed by atoms with E-state index >= 15 is 0 Å². The van der Waals surface area contributed by atoms with E-state index in [-0.39, 0.29) is 5.91 Å². The van der Waals surface area contributed by atoms with Crippen molar-refractivity contribution in [3.05, 3.63) is 102 Å². The van der Waals surface area contributed by atoms with E-state index < -0.39 is 0 Å². The van der Waals surface area contributed by atoms with E-state index in [2.05, 4.69) is 48.5 Å². The molecule has 1 amide bonds. The first kappa shape index (κ1) is 23.3. The summed E-state index contributed by atoms with van der Waals surface area (Å²) < 4.78 is 7.20. The van der Waals surface area contributed by atoms with Crippen LogP contribution in [0.4, 0.5) is 5.69 Å². The van der Waals surface area contributed by atoms with Gasteiger partial charge in [-0.25, -0.2) is 9.67 Å². The molecule has 0 fully saturated rings. The van der Waals surface area contributed by atoms with Gasteiger partial charge in [0.1, 0.15) is 5.75 Å². The van der Waals surface area contributed by atoms with Crippen molar-refractivity contribution in [3.8, 4) is 22.7 Å². The number of benzene rings is 3. The largest absolute Gasteiger partial charge is 0.497 e. The number of aromatic nitrogens is 3. The normalized spacial score (nSPS) is 11.1. The summed E-state index contributed by atoms with van der Waals surface area (Å²) in [5, 5.41) is 8.42. The summed E-state index contributed by atoms with van der Waals surface area (Å²) in [6.07, 6.45) is 1.81. The van der Waals surface area contributed by atoms with Gasteiger partial charge in [-0.2, -0.15) is 5.10 Å². The highest BCUT2D eigenvalue weighted by Gasteiger charge is 2.18. The fourth-order valence-electron chi connectivity index (χ4n) is 4.32. The Hall–Kier alpha value is -4.45. The van der Waals surface area contributed by atoms with Gasteiger partial charge in [0, 0.05) is 22.7 Å². The van der Waals surface area contributed by atoms with Crippen LogP contribution in [0.15, 0.2) is 85.1 Å². The highest BCUT2D eigenvalue weighted by molar-refractivity contribution is 6.13. The number of fused-ring (bicyclic) bond motifs is 1. The number of anilines is 1. The first-order chi connectivity index (χ1) is 17.4. The van der Waals surface area contributed by atoms with E-state index in [4.69, 9.17) is 9.72 Å². The fourth-order valence-corrected chi connectivity index (χ4v) is 4.32.